The molecule has 2 rings (SSSR count). The van der Waals surface area contributed by atoms with Gasteiger partial charge in [0, 0.05) is 5.39 Å². The summed E-state index contributed by atoms with van der Waals surface area (Å²) in [6, 6.07) is 12.8. The zero-order valence-corrected chi connectivity index (χ0v) is 15.5. The lowest BCUT2D eigenvalue weighted by atomic mass is 10.1. The highest BCUT2D eigenvalue weighted by molar-refractivity contribution is 7.87. The summed E-state index contributed by atoms with van der Waals surface area (Å²) in [5.74, 6) is 0. The average molecular weight is 349 g/mol. The number of rotatable bonds is 10. The average Bonchev–Trinajstić information content (AvgIpc) is 2.57. The van der Waals surface area contributed by atoms with Gasteiger partial charge in [0.25, 0.3) is 10.1 Å². The zero-order valence-electron chi connectivity index (χ0n) is 14.7. The summed E-state index contributed by atoms with van der Waals surface area (Å²) in [6.07, 6.45) is 7.63. The van der Waals surface area contributed by atoms with Crippen LogP contribution < -0.4 is 0 Å². The number of benzene rings is 2. The van der Waals surface area contributed by atoms with Crippen molar-refractivity contribution in [2.75, 3.05) is 0 Å². The maximum Gasteiger partial charge on any atom is 0.297 e. The lowest BCUT2D eigenvalue weighted by molar-refractivity contribution is 0.214. The summed E-state index contributed by atoms with van der Waals surface area (Å²) in [5, 5.41) is 1.62. The summed E-state index contributed by atoms with van der Waals surface area (Å²) in [6.45, 7) is 4.04. The van der Waals surface area contributed by atoms with E-state index in [0.717, 1.165) is 24.6 Å². The lowest BCUT2D eigenvalue weighted by Crippen LogP contribution is -2.16. The summed E-state index contributed by atoms with van der Waals surface area (Å²) in [4.78, 5) is 0.260. The Morgan fingerprint density at radius 1 is 0.917 bits per heavy atom. The fraction of sp³-hybridized carbons (Fsp3) is 0.500. The van der Waals surface area contributed by atoms with E-state index in [4.69, 9.17) is 4.18 Å². The molecule has 132 valence electrons. The number of hydrogen-bond donors (Lipinski definition) is 0. The fourth-order valence-corrected chi connectivity index (χ4v) is 4.27. The molecule has 0 aromatic heterocycles. The minimum absolute atomic E-state index is 0.260. The molecule has 2 aromatic rings. The van der Waals surface area contributed by atoms with Crippen molar-refractivity contribution in [3.63, 3.8) is 0 Å². The van der Waals surface area contributed by atoms with E-state index in [1.54, 1.807) is 12.1 Å². The van der Waals surface area contributed by atoms with Crippen LogP contribution in [0.1, 0.15) is 58.8 Å². The molecule has 0 N–H and O–H groups in total. The summed E-state index contributed by atoms with van der Waals surface area (Å²) < 4.78 is 30.6. The van der Waals surface area contributed by atoms with Crippen LogP contribution in [0.4, 0.5) is 0 Å². The van der Waals surface area contributed by atoms with Gasteiger partial charge in [-0.3, -0.25) is 4.18 Å². The van der Waals surface area contributed by atoms with Crippen molar-refractivity contribution in [2.45, 2.75) is 69.8 Å². The quantitative estimate of drug-likeness (QED) is 0.409. The molecule has 0 bridgehead atoms. The molecule has 3 nitrogen and oxygen atoms in total. The molecule has 0 saturated carbocycles. The molecule has 1 atom stereocenters. The van der Waals surface area contributed by atoms with Gasteiger partial charge in [0.15, 0.2) is 0 Å². The highest BCUT2D eigenvalue weighted by Gasteiger charge is 2.21. The molecule has 0 fully saturated rings. The highest BCUT2D eigenvalue weighted by Crippen LogP contribution is 2.25. The SMILES string of the molecule is CCCCCCCCC(C)OS(=O)(=O)c1cccc2ccccc12. The second-order valence-corrected chi connectivity index (χ2v) is 7.94. The first-order valence-corrected chi connectivity index (χ1v) is 10.4. The standard InChI is InChI=1S/C20H28O3S/c1-3-4-5-6-7-8-12-17(2)23-24(21,22)20-16-11-14-18-13-9-10-15-19(18)20/h9-11,13-17H,3-8,12H2,1-2H3. The lowest BCUT2D eigenvalue weighted by Gasteiger charge is -2.14. The van der Waals surface area contributed by atoms with Crippen LogP contribution in [0, 0.1) is 0 Å². The summed E-state index contributed by atoms with van der Waals surface area (Å²) in [7, 11) is -3.74. The predicted octanol–water partition coefficient (Wildman–Crippen LogP) is 5.68. The van der Waals surface area contributed by atoms with E-state index in [2.05, 4.69) is 6.92 Å². The van der Waals surface area contributed by atoms with E-state index in [1.807, 2.05) is 37.3 Å². The van der Waals surface area contributed by atoms with E-state index in [9.17, 15) is 8.42 Å². The maximum absolute atomic E-state index is 12.6. The Morgan fingerprint density at radius 2 is 1.58 bits per heavy atom. The molecule has 1 unspecified atom stereocenters. The van der Waals surface area contributed by atoms with Crippen LogP contribution in [0.5, 0.6) is 0 Å². The van der Waals surface area contributed by atoms with Crippen LogP contribution in [0.25, 0.3) is 10.8 Å². The minimum Gasteiger partial charge on any atom is -0.263 e. The molecule has 24 heavy (non-hydrogen) atoms. The molecule has 0 aliphatic rings. The van der Waals surface area contributed by atoms with Crippen LogP contribution in [0.2, 0.25) is 0 Å². The normalized spacial score (nSPS) is 13.2. The van der Waals surface area contributed by atoms with Gasteiger partial charge in [0.1, 0.15) is 4.90 Å². The monoisotopic (exact) mass is 348 g/mol. The number of hydrogen-bond acceptors (Lipinski definition) is 3. The topological polar surface area (TPSA) is 43.4 Å². The predicted molar refractivity (Wildman–Crippen MR) is 99.7 cm³/mol. The fourth-order valence-electron chi connectivity index (χ4n) is 2.94. The first-order chi connectivity index (χ1) is 11.5. The molecule has 2 aromatic carbocycles. The van der Waals surface area contributed by atoms with Gasteiger partial charge in [-0.05, 0) is 24.8 Å². The molecule has 4 heteroatoms. The van der Waals surface area contributed by atoms with Crippen LogP contribution in [0.3, 0.4) is 0 Å². The van der Waals surface area contributed by atoms with Crippen LogP contribution in [0.15, 0.2) is 47.4 Å². The van der Waals surface area contributed by atoms with Crippen molar-refractivity contribution >= 4 is 20.9 Å². The highest BCUT2D eigenvalue weighted by atomic mass is 32.2. The van der Waals surface area contributed by atoms with Crippen molar-refractivity contribution in [3.8, 4) is 0 Å². The van der Waals surface area contributed by atoms with Gasteiger partial charge in [0.05, 0.1) is 6.10 Å². The van der Waals surface area contributed by atoms with Gasteiger partial charge in [0.2, 0.25) is 0 Å². The van der Waals surface area contributed by atoms with Crippen LogP contribution in [-0.2, 0) is 14.3 Å². The molecule has 0 amide bonds. The summed E-state index contributed by atoms with van der Waals surface area (Å²) >= 11 is 0. The molecule has 0 saturated heterocycles. The van der Waals surface area contributed by atoms with Gasteiger partial charge in [-0.15, -0.1) is 0 Å². The van der Waals surface area contributed by atoms with E-state index >= 15 is 0 Å². The van der Waals surface area contributed by atoms with Crippen molar-refractivity contribution in [1.29, 1.82) is 0 Å². The third-order valence-corrected chi connectivity index (χ3v) is 5.75. The Morgan fingerprint density at radius 3 is 2.38 bits per heavy atom. The van der Waals surface area contributed by atoms with Crippen LogP contribution in [-0.4, -0.2) is 14.5 Å². The minimum atomic E-state index is -3.74. The van der Waals surface area contributed by atoms with Gasteiger partial charge < -0.3 is 0 Å². The van der Waals surface area contributed by atoms with E-state index < -0.39 is 10.1 Å². The number of fused-ring (bicyclic) bond motifs is 1. The Hall–Kier alpha value is -1.39. The van der Waals surface area contributed by atoms with Gasteiger partial charge in [-0.2, -0.15) is 8.42 Å². The second kappa shape index (κ2) is 9.19. The van der Waals surface area contributed by atoms with Crippen molar-refractivity contribution in [2.24, 2.45) is 0 Å². The van der Waals surface area contributed by atoms with E-state index in [1.165, 1.54) is 25.7 Å². The molecule has 0 spiro atoms. The third kappa shape index (κ3) is 5.32. The molecular formula is C20H28O3S. The van der Waals surface area contributed by atoms with Gasteiger partial charge in [-0.25, -0.2) is 0 Å². The second-order valence-electron chi connectivity index (χ2n) is 6.39. The zero-order chi connectivity index (χ0) is 17.4. The first kappa shape index (κ1) is 18.9. The molecular weight excluding hydrogens is 320 g/mol. The van der Waals surface area contributed by atoms with Gasteiger partial charge >= 0.3 is 0 Å². The third-order valence-electron chi connectivity index (χ3n) is 4.27. The van der Waals surface area contributed by atoms with Crippen molar-refractivity contribution < 1.29 is 12.6 Å². The van der Waals surface area contributed by atoms with Crippen molar-refractivity contribution in [1.82, 2.24) is 0 Å². The first-order valence-electron chi connectivity index (χ1n) is 8.95. The maximum atomic E-state index is 12.6. The molecule has 0 aliphatic carbocycles. The van der Waals surface area contributed by atoms with Crippen molar-refractivity contribution in [3.05, 3.63) is 42.5 Å². The van der Waals surface area contributed by atoms with Gasteiger partial charge in [-0.1, -0.05) is 81.8 Å². The molecule has 0 heterocycles. The Kier molecular flexibility index (Phi) is 7.25. The van der Waals surface area contributed by atoms with Crippen LogP contribution >= 0.6 is 0 Å². The summed E-state index contributed by atoms with van der Waals surface area (Å²) in [5.41, 5.74) is 0. The smallest absolute Gasteiger partial charge is 0.263 e. The Balaban J connectivity index is 1.95. The molecule has 0 radical (unpaired) electrons. The van der Waals surface area contributed by atoms with E-state index in [0.29, 0.717) is 5.39 Å². The van der Waals surface area contributed by atoms with E-state index in [-0.39, 0.29) is 11.0 Å². The number of unbranched alkanes of at least 4 members (excludes halogenated alkanes) is 5. The molecule has 0 aliphatic heterocycles. The Labute approximate surface area is 146 Å². The largest absolute Gasteiger partial charge is 0.297 e. The Bertz CT molecular complexity index is 732.